The molecule has 9 nitrogen and oxygen atoms in total. The number of piperidine rings is 1. The van der Waals surface area contributed by atoms with Gasteiger partial charge in [-0.1, -0.05) is 60.7 Å². The minimum atomic E-state index is -1.15. The zero-order chi connectivity index (χ0) is 25.7. The number of nitrogens with one attached hydrogen (secondary N) is 1. The molecule has 2 aromatic carbocycles. The third-order valence-corrected chi connectivity index (χ3v) is 6.32. The normalized spacial score (nSPS) is 18.5. The third-order valence-electron chi connectivity index (χ3n) is 6.32. The summed E-state index contributed by atoms with van der Waals surface area (Å²) in [6, 6.07) is 18.3. The Kier molecular flexibility index (Phi) is 7.81. The van der Waals surface area contributed by atoms with Crippen molar-refractivity contribution in [2.24, 2.45) is 16.8 Å². The lowest BCUT2D eigenvalue weighted by Crippen LogP contribution is -2.59. The molecule has 9 heteroatoms. The molecule has 0 aliphatic carbocycles. The highest BCUT2D eigenvalue weighted by molar-refractivity contribution is 6.09. The molecule has 3 N–H and O–H groups in total. The molecule has 0 spiro atoms. The van der Waals surface area contributed by atoms with E-state index in [-0.39, 0.29) is 25.0 Å². The smallest absolute Gasteiger partial charge is 0.253 e. The second-order valence-corrected chi connectivity index (χ2v) is 9.81. The number of hydrogen-bond acceptors (Lipinski definition) is 6. The van der Waals surface area contributed by atoms with E-state index in [1.54, 1.807) is 18.7 Å². The van der Waals surface area contributed by atoms with E-state index in [4.69, 9.17) is 10.5 Å². The first-order valence-electron chi connectivity index (χ1n) is 12.2. The summed E-state index contributed by atoms with van der Waals surface area (Å²) in [6.45, 7) is 4.49. The number of amides is 3. The van der Waals surface area contributed by atoms with Crippen LogP contribution in [0.25, 0.3) is 0 Å². The van der Waals surface area contributed by atoms with Gasteiger partial charge in [0.15, 0.2) is 0 Å². The van der Waals surface area contributed by atoms with Crippen molar-refractivity contribution in [1.82, 2.24) is 15.2 Å². The molecule has 4 rings (SSSR count). The van der Waals surface area contributed by atoms with Crippen molar-refractivity contribution in [2.45, 2.75) is 45.0 Å². The number of fused-ring (bicyclic) bond motifs is 1. The Hall–Kier alpha value is -3.56. The molecule has 1 fully saturated rings. The molecule has 3 amide bonds. The maximum absolute atomic E-state index is 13.5. The number of likely N-dealkylation sites (tertiary alicyclic amines) is 1. The standard InChI is InChI=1S/C27H33N5O4/c1-27(2,28)26(35)29-23(18-36-17-20-11-7-4-8-12-20)25(34)31-14-13-22-21(16-31)24(33)32(30-22)15-19-9-5-3-6-10-19/h3-12,21,23H,13-18,28H2,1-2H3,(H,29,35)/t21?,23-/m1/s1. The maximum Gasteiger partial charge on any atom is 0.253 e. The fourth-order valence-electron chi connectivity index (χ4n) is 4.24. The summed E-state index contributed by atoms with van der Waals surface area (Å²) in [5, 5.41) is 8.78. The van der Waals surface area contributed by atoms with Crippen LogP contribution in [0.5, 0.6) is 0 Å². The van der Waals surface area contributed by atoms with Crippen LogP contribution >= 0.6 is 0 Å². The molecular weight excluding hydrogens is 458 g/mol. The summed E-state index contributed by atoms with van der Waals surface area (Å²) in [5.41, 5.74) is 7.54. The predicted octanol–water partition coefficient (Wildman–Crippen LogP) is 1.67. The minimum Gasteiger partial charge on any atom is -0.374 e. The first-order valence-corrected chi connectivity index (χ1v) is 12.2. The lowest BCUT2D eigenvalue weighted by molar-refractivity contribution is -0.141. The van der Waals surface area contributed by atoms with Crippen LogP contribution in [0, 0.1) is 5.92 Å². The van der Waals surface area contributed by atoms with Crippen molar-refractivity contribution >= 4 is 23.4 Å². The molecule has 0 radical (unpaired) electrons. The average molecular weight is 492 g/mol. The quantitative estimate of drug-likeness (QED) is 0.553. The van der Waals surface area contributed by atoms with Gasteiger partial charge in [0.25, 0.3) is 5.91 Å². The molecule has 2 aliphatic rings. The number of carbonyl (C=O) groups excluding carboxylic acids is 3. The Morgan fingerprint density at radius 1 is 1.11 bits per heavy atom. The summed E-state index contributed by atoms with van der Waals surface area (Å²) < 4.78 is 5.80. The van der Waals surface area contributed by atoms with Crippen molar-refractivity contribution in [3.63, 3.8) is 0 Å². The topological polar surface area (TPSA) is 117 Å². The average Bonchev–Trinajstić information content (AvgIpc) is 3.18. The van der Waals surface area contributed by atoms with Crippen LogP contribution in [-0.4, -0.2) is 64.6 Å². The maximum atomic E-state index is 13.5. The van der Waals surface area contributed by atoms with Crippen LogP contribution in [0.4, 0.5) is 0 Å². The van der Waals surface area contributed by atoms with Crippen LogP contribution in [0.3, 0.4) is 0 Å². The number of carbonyl (C=O) groups is 3. The molecular formula is C27H33N5O4. The Balaban J connectivity index is 1.41. The fraction of sp³-hybridized carbons (Fsp3) is 0.407. The number of hydrogen-bond donors (Lipinski definition) is 2. The second kappa shape index (κ2) is 11.0. The van der Waals surface area contributed by atoms with Gasteiger partial charge in [0.1, 0.15) is 6.04 Å². The van der Waals surface area contributed by atoms with Crippen LogP contribution in [0.2, 0.25) is 0 Å². The zero-order valence-corrected chi connectivity index (χ0v) is 20.7. The van der Waals surface area contributed by atoms with E-state index in [0.29, 0.717) is 26.1 Å². The highest BCUT2D eigenvalue weighted by atomic mass is 16.5. The van der Waals surface area contributed by atoms with Gasteiger partial charge in [-0.05, 0) is 25.0 Å². The van der Waals surface area contributed by atoms with Crippen molar-refractivity contribution in [3.8, 4) is 0 Å². The van der Waals surface area contributed by atoms with Crippen molar-refractivity contribution in [1.29, 1.82) is 0 Å². The Morgan fingerprint density at radius 2 is 1.75 bits per heavy atom. The molecule has 1 saturated heterocycles. The van der Waals surface area contributed by atoms with E-state index in [2.05, 4.69) is 10.4 Å². The van der Waals surface area contributed by atoms with E-state index in [0.717, 1.165) is 16.8 Å². The van der Waals surface area contributed by atoms with Gasteiger partial charge in [0, 0.05) is 19.5 Å². The first kappa shape index (κ1) is 25.5. The van der Waals surface area contributed by atoms with Crippen LogP contribution < -0.4 is 11.1 Å². The molecule has 190 valence electrons. The molecule has 2 heterocycles. The summed E-state index contributed by atoms with van der Waals surface area (Å²) in [7, 11) is 0. The molecule has 1 unspecified atom stereocenters. The first-order chi connectivity index (χ1) is 17.2. The van der Waals surface area contributed by atoms with Gasteiger partial charge < -0.3 is 20.7 Å². The largest absolute Gasteiger partial charge is 0.374 e. The molecule has 2 aromatic rings. The van der Waals surface area contributed by atoms with E-state index in [1.807, 2.05) is 60.7 Å². The lowest BCUT2D eigenvalue weighted by Gasteiger charge is -2.34. The number of nitrogens with zero attached hydrogens (tertiary/aromatic N) is 3. The lowest BCUT2D eigenvalue weighted by atomic mass is 9.95. The molecule has 2 aliphatic heterocycles. The highest BCUT2D eigenvalue weighted by Crippen LogP contribution is 2.25. The van der Waals surface area contributed by atoms with Crippen LogP contribution in [-0.2, 0) is 32.3 Å². The van der Waals surface area contributed by atoms with Crippen LogP contribution in [0.15, 0.2) is 65.8 Å². The van der Waals surface area contributed by atoms with Gasteiger partial charge >= 0.3 is 0 Å². The summed E-state index contributed by atoms with van der Waals surface area (Å²) >= 11 is 0. The number of ether oxygens (including phenoxy) is 1. The predicted molar refractivity (Wildman–Crippen MR) is 135 cm³/mol. The number of hydrazone groups is 1. The monoisotopic (exact) mass is 491 g/mol. The van der Waals surface area contributed by atoms with Gasteiger partial charge in [0.2, 0.25) is 11.8 Å². The van der Waals surface area contributed by atoms with E-state index in [1.165, 1.54) is 5.01 Å². The van der Waals surface area contributed by atoms with Gasteiger partial charge in [-0.15, -0.1) is 0 Å². The Morgan fingerprint density at radius 3 is 2.39 bits per heavy atom. The summed E-state index contributed by atoms with van der Waals surface area (Å²) in [6.07, 6.45) is 0.501. The van der Waals surface area contributed by atoms with Crippen LogP contribution in [0.1, 0.15) is 31.4 Å². The molecule has 0 bridgehead atoms. The van der Waals surface area contributed by atoms with Crippen molar-refractivity contribution in [2.75, 3.05) is 19.7 Å². The molecule has 0 saturated carbocycles. The minimum absolute atomic E-state index is 0.00820. The summed E-state index contributed by atoms with van der Waals surface area (Å²) in [5.74, 6) is -1.34. The molecule has 2 atom stereocenters. The van der Waals surface area contributed by atoms with Gasteiger partial charge in [-0.25, -0.2) is 5.01 Å². The molecule has 0 aromatic heterocycles. The van der Waals surface area contributed by atoms with E-state index < -0.39 is 23.4 Å². The number of benzene rings is 2. The Labute approximate surface area is 211 Å². The summed E-state index contributed by atoms with van der Waals surface area (Å²) in [4.78, 5) is 40.8. The second-order valence-electron chi connectivity index (χ2n) is 9.81. The number of nitrogens with two attached hydrogens (primary N) is 1. The fourth-order valence-corrected chi connectivity index (χ4v) is 4.24. The van der Waals surface area contributed by atoms with Gasteiger partial charge in [0.05, 0.1) is 36.9 Å². The van der Waals surface area contributed by atoms with Crippen molar-refractivity contribution in [3.05, 3.63) is 71.8 Å². The van der Waals surface area contributed by atoms with E-state index in [9.17, 15) is 14.4 Å². The highest BCUT2D eigenvalue weighted by Gasteiger charge is 2.42. The third kappa shape index (κ3) is 6.16. The SMILES string of the molecule is CC(C)(N)C(=O)N[C@H](COCc1ccccc1)C(=O)N1CCC2=NN(Cc3ccccc3)C(=O)C2C1. The van der Waals surface area contributed by atoms with Gasteiger partial charge in [-0.3, -0.25) is 14.4 Å². The van der Waals surface area contributed by atoms with Crippen molar-refractivity contribution < 1.29 is 19.1 Å². The number of rotatable bonds is 9. The molecule has 36 heavy (non-hydrogen) atoms. The Bertz CT molecular complexity index is 1110. The van der Waals surface area contributed by atoms with E-state index >= 15 is 0 Å². The van der Waals surface area contributed by atoms with Gasteiger partial charge in [-0.2, -0.15) is 5.10 Å². The zero-order valence-electron chi connectivity index (χ0n) is 20.7.